The zero-order chi connectivity index (χ0) is 10.6. The second-order valence-corrected chi connectivity index (χ2v) is 3.73. The summed E-state index contributed by atoms with van der Waals surface area (Å²) in [6.07, 6.45) is 3.07. The van der Waals surface area contributed by atoms with Gasteiger partial charge in [0.05, 0.1) is 12.1 Å². The molecule has 1 saturated carbocycles. The predicted molar refractivity (Wildman–Crippen MR) is 49.7 cm³/mol. The van der Waals surface area contributed by atoms with Crippen molar-refractivity contribution in [1.82, 2.24) is 5.32 Å². The van der Waals surface area contributed by atoms with Crippen LogP contribution in [0.5, 0.6) is 0 Å². The van der Waals surface area contributed by atoms with Crippen LogP contribution in [0.3, 0.4) is 0 Å². The third-order valence-electron chi connectivity index (χ3n) is 2.65. The lowest BCUT2D eigenvalue weighted by molar-refractivity contribution is -0.128. The Hall–Kier alpha value is -1.55. The van der Waals surface area contributed by atoms with Crippen LogP contribution in [0.15, 0.2) is 0 Å². The molecule has 0 aromatic carbocycles. The number of hydrogen-bond acceptors (Lipinski definition) is 3. The van der Waals surface area contributed by atoms with Gasteiger partial charge in [0.25, 0.3) is 0 Å². The smallest absolute Gasteiger partial charge is 0.241 e. The molecule has 0 bridgehead atoms. The van der Waals surface area contributed by atoms with Crippen molar-refractivity contribution in [3.05, 3.63) is 0 Å². The molecular weight excluding hydrogens is 178 g/mol. The molecule has 1 aliphatic carbocycles. The summed E-state index contributed by atoms with van der Waals surface area (Å²) in [5.74, 6) is -0.286. The maximum absolute atomic E-state index is 11.7. The normalized spacial score (nSPS) is 20.5. The van der Waals surface area contributed by atoms with Crippen LogP contribution in [-0.4, -0.2) is 11.9 Å². The number of carbonyl (C=O) groups is 1. The molecule has 0 radical (unpaired) electrons. The average molecular weight is 191 g/mol. The molecule has 0 spiro atoms. The SMILES string of the molecule is C[C@@H](C#N)NC(=O)C1(C#N)CCCC1. The summed E-state index contributed by atoms with van der Waals surface area (Å²) < 4.78 is 0. The Labute approximate surface area is 83.5 Å². The zero-order valence-corrected chi connectivity index (χ0v) is 8.21. The molecule has 1 aliphatic rings. The summed E-state index contributed by atoms with van der Waals surface area (Å²) in [4.78, 5) is 11.7. The predicted octanol–water partition coefficient (Wildman–Crippen LogP) is 1.10. The molecule has 0 aliphatic heterocycles. The van der Waals surface area contributed by atoms with Gasteiger partial charge >= 0.3 is 0 Å². The van der Waals surface area contributed by atoms with Gasteiger partial charge in [-0.15, -0.1) is 0 Å². The van der Waals surface area contributed by atoms with Crippen LogP contribution in [0.4, 0.5) is 0 Å². The quantitative estimate of drug-likeness (QED) is 0.710. The van der Waals surface area contributed by atoms with Crippen LogP contribution in [0.25, 0.3) is 0 Å². The van der Waals surface area contributed by atoms with Gasteiger partial charge in [-0.1, -0.05) is 12.8 Å². The number of nitrogens with zero attached hydrogens (tertiary/aromatic N) is 2. The number of carbonyl (C=O) groups excluding carboxylic acids is 1. The molecule has 0 aromatic rings. The standard InChI is InChI=1S/C10H13N3O/c1-8(6-11)13-9(14)10(7-12)4-2-3-5-10/h8H,2-5H2,1H3,(H,13,14)/t8-/m0/s1. The Kier molecular flexibility index (Phi) is 3.09. The van der Waals surface area contributed by atoms with E-state index in [1.807, 2.05) is 6.07 Å². The lowest BCUT2D eigenvalue weighted by Gasteiger charge is -2.19. The number of nitrogens with one attached hydrogen (secondary N) is 1. The van der Waals surface area contributed by atoms with Crippen molar-refractivity contribution in [1.29, 1.82) is 10.5 Å². The first-order valence-electron chi connectivity index (χ1n) is 4.76. The molecule has 1 rings (SSSR count). The van der Waals surface area contributed by atoms with Crippen LogP contribution in [0, 0.1) is 28.1 Å². The fraction of sp³-hybridized carbons (Fsp3) is 0.700. The van der Waals surface area contributed by atoms with Crippen molar-refractivity contribution in [2.24, 2.45) is 5.41 Å². The summed E-state index contributed by atoms with van der Waals surface area (Å²) in [6, 6.07) is 3.48. The van der Waals surface area contributed by atoms with Gasteiger partial charge in [-0.3, -0.25) is 4.79 Å². The first kappa shape index (κ1) is 10.5. The number of rotatable bonds is 2. The van der Waals surface area contributed by atoms with E-state index in [4.69, 9.17) is 10.5 Å². The third kappa shape index (κ3) is 1.85. The summed E-state index contributed by atoms with van der Waals surface area (Å²) in [5.41, 5.74) is -0.870. The molecule has 1 atom stereocenters. The molecule has 1 N–H and O–H groups in total. The van der Waals surface area contributed by atoms with Gasteiger partial charge < -0.3 is 5.32 Å². The maximum Gasteiger partial charge on any atom is 0.241 e. The molecule has 0 unspecified atom stereocenters. The minimum Gasteiger partial charge on any atom is -0.339 e. The van der Waals surface area contributed by atoms with Gasteiger partial charge in [0, 0.05) is 0 Å². The summed E-state index contributed by atoms with van der Waals surface area (Å²) in [6.45, 7) is 1.61. The average Bonchev–Trinajstić information content (AvgIpc) is 2.67. The van der Waals surface area contributed by atoms with Gasteiger partial charge in [0.2, 0.25) is 5.91 Å². The van der Waals surface area contributed by atoms with Crippen molar-refractivity contribution in [2.75, 3.05) is 0 Å². The van der Waals surface area contributed by atoms with Gasteiger partial charge in [-0.2, -0.15) is 10.5 Å². The van der Waals surface area contributed by atoms with Crippen LogP contribution in [-0.2, 0) is 4.79 Å². The summed E-state index contributed by atoms with van der Waals surface area (Å²) >= 11 is 0. The Morgan fingerprint density at radius 1 is 1.43 bits per heavy atom. The molecule has 0 saturated heterocycles. The van der Waals surface area contributed by atoms with E-state index in [0.29, 0.717) is 12.8 Å². The fourth-order valence-corrected chi connectivity index (χ4v) is 1.74. The van der Waals surface area contributed by atoms with Crippen molar-refractivity contribution in [3.8, 4) is 12.1 Å². The number of nitriles is 2. The molecule has 14 heavy (non-hydrogen) atoms. The van der Waals surface area contributed by atoms with Crippen LogP contribution in [0.2, 0.25) is 0 Å². The summed E-state index contributed by atoms with van der Waals surface area (Å²) in [5, 5.41) is 20.1. The minimum atomic E-state index is -0.870. The highest BCUT2D eigenvalue weighted by atomic mass is 16.2. The minimum absolute atomic E-state index is 0.286. The van der Waals surface area contributed by atoms with E-state index in [1.165, 1.54) is 0 Å². The monoisotopic (exact) mass is 191 g/mol. The van der Waals surface area contributed by atoms with Crippen molar-refractivity contribution in [3.63, 3.8) is 0 Å². The van der Waals surface area contributed by atoms with Gasteiger partial charge in [0.1, 0.15) is 11.5 Å². The molecule has 74 valence electrons. The second kappa shape index (κ2) is 4.11. The molecule has 4 nitrogen and oxygen atoms in total. The second-order valence-electron chi connectivity index (χ2n) is 3.73. The first-order chi connectivity index (χ1) is 6.64. The van der Waals surface area contributed by atoms with Crippen molar-refractivity contribution in [2.45, 2.75) is 38.6 Å². The van der Waals surface area contributed by atoms with E-state index in [1.54, 1.807) is 6.92 Å². The highest BCUT2D eigenvalue weighted by Crippen LogP contribution is 2.37. The zero-order valence-electron chi connectivity index (χ0n) is 8.21. The molecule has 4 heteroatoms. The highest BCUT2D eigenvalue weighted by Gasteiger charge is 2.41. The van der Waals surface area contributed by atoms with E-state index in [-0.39, 0.29) is 5.91 Å². The van der Waals surface area contributed by atoms with E-state index >= 15 is 0 Å². The van der Waals surface area contributed by atoms with Crippen molar-refractivity contribution >= 4 is 5.91 Å². The highest BCUT2D eigenvalue weighted by molar-refractivity contribution is 5.86. The largest absolute Gasteiger partial charge is 0.339 e. The topological polar surface area (TPSA) is 76.7 Å². The molecule has 0 heterocycles. The van der Waals surface area contributed by atoms with Crippen molar-refractivity contribution < 1.29 is 4.79 Å². The molecule has 0 aromatic heterocycles. The fourth-order valence-electron chi connectivity index (χ4n) is 1.74. The Morgan fingerprint density at radius 2 is 2.00 bits per heavy atom. The number of amides is 1. The number of hydrogen-bond donors (Lipinski definition) is 1. The van der Waals surface area contributed by atoms with Crippen LogP contribution >= 0.6 is 0 Å². The molecule has 1 fully saturated rings. The van der Waals surface area contributed by atoms with Gasteiger partial charge in [-0.05, 0) is 19.8 Å². The van der Waals surface area contributed by atoms with Crippen LogP contribution < -0.4 is 5.32 Å². The Morgan fingerprint density at radius 3 is 2.43 bits per heavy atom. The van der Waals surface area contributed by atoms with E-state index in [2.05, 4.69) is 11.4 Å². The van der Waals surface area contributed by atoms with Crippen LogP contribution in [0.1, 0.15) is 32.6 Å². The van der Waals surface area contributed by atoms with Gasteiger partial charge in [-0.25, -0.2) is 0 Å². The van der Waals surface area contributed by atoms with Gasteiger partial charge in [0.15, 0.2) is 0 Å². The summed E-state index contributed by atoms with van der Waals surface area (Å²) in [7, 11) is 0. The maximum atomic E-state index is 11.7. The Balaban J connectivity index is 2.68. The molecular formula is C10H13N3O. The third-order valence-corrected chi connectivity index (χ3v) is 2.65. The first-order valence-corrected chi connectivity index (χ1v) is 4.76. The van der Waals surface area contributed by atoms with E-state index in [9.17, 15) is 4.79 Å². The van der Waals surface area contributed by atoms with E-state index in [0.717, 1.165) is 12.8 Å². The lowest BCUT2D eigenvalue weighted by Crippen LogP contribution is -2.42. The molecule has 1 amide bonds. The lowest BCUT2D eigenvalue weighted by atomic mass is 9.87. The Bertz CT molecular complexity index is 304. The van der Waals surface area contributed by atoms with E-state index < -0.39 is 11.5 Å².